The number of fused-ring (bicyclic) bond motifs is 2. The third kappa shape index (κ3) is 2.04. The van der Waals surface area contributed by atoms with Gasteiger partial charge in [-0.3, -0.25) is 4.79 Å². The maximum atomic E-state index is 12.6. The fraction of sp³-hybridized carbons (Fsp3) is 0.167. The molecule has 2 aromatic carbocycles. The quantitative estimate of drug-likeness (QED) is 0.400. The predicted octanol–water partition coefficient (Wildman–Crippen LogP) is 4.56. The molecule has 0 amide bonds. The molecular formula is C18H14O4. The van der Waals surface area contributed by atoms with Crippen molar-refractivity contribution < 1.29 is 18.7 Å². The molecule has 0 fully saturated rings. The number of furan rings is 1. The zero-order valence-corrected chi connectivity index (χ0v) is 12.1. The number of hydrogen-bond donors (Lipinski definition) is 0. The predicted molar refractivity (Wildman–Crippen MR) is 81.9 cm³/mol. The molecule has 1 aliphatic heterocycles. The third-order valence-electron chi connectivity index (χ3n) is 3.59. The minimum atomic E-state index is -0.174. The van der Waals surface area contributed by atoms with Crippen LogP contribution in [0.1, 0.15) is 29.5 Å². The first kappa shape index (κ1) is 13.0. The number of benzene rings is 2. The summed E-state index contributed by atoms with van der Waals surface area (Å²) < 4.78 is 16.6. The summed E-state index contributed by atoms with van der Waals surface area (Å²) in [6, 6.07) is 12.8. The number of ether oxygens (including phenoxy) is 2. The zero-order chi connectivity index (χ0) is 15.1. The molecule has 0 atom stereocenters. The number of rotatable bonds is 5. The lowest BCUT2D eigenvalue weighted by Crippen LogP contribution is -1.98. The summed E-state index contributed by atoms with van der Waals surface area (Å²) in [7, 11) is 0. The Bertz CT molecular complexity index is 843. The van der Waals surface area contributed by atoms with Gasteiger partial charge in [0, 0.05) is 5.39 Å². The Hall–Kier alpha value is -2.75. The van der Waals surface area contributed by atoms with E-state index in [1.165, 1.54) is 0 Å². The highest BCUT2D eigenvalue weighted by molar-refractivity contribution is 6.12. The van der Waals surface area contributed by atoms with Gasteiger partial charge < -0.3 is 13.9 Å². The molecule has 0 spiro atoms. The second-order valence-corrected chi connectivity index (χ2v) is 5.20. The van der Waals surface area contributed by atoms with Crippen LogP contribution in [-0.2, 0) is 0 Å². The van der Waals surface area contributed by atoms with Gasteiger partial charge in [-0.1, -0.05) is 25.1 Å². The second-order valence-electron chi connectivity index (χ2n) is 5.20. The van der Waals surface area contributed by atoms with E-state index in [1.54, 1.807) is 18.2 Å². The van der Waals surface area contributed by atoms with Crippen LogP contribution < -0.4 is 9.47 Å². The molecule has 2 heterocycles. The van der Waals surface area contributed by atoms with E-state index in [4.69, 9.17) is 13.9 Å². The maximum absolute atomic E-state index is 12.6. The van der Waals surface area contributed by atoms with E-state index in [2.05, 4.69) is 0 Å². The lowest BCUT2D eigenvalue weighted by molar-refractivity contribution is 0.101. The van der Waals surface area contributed by atoms with Crippen LogP contribution in [-0.4, -0.2) is 12.4 Å². The molecule has 110 valence electrons. The van der Waals surface area contributed by atoms with Gasteiger partial charge in [0.1, 0.15) is 5.58 Å². The molecule has 4 heteroatoms. The molecule has 0 radical (unpaired) electrons. The largest absolute Gasteiger partial charge is 0.490 e. The molecule has 4 nitrogen and oxygen atoms in total. The van der Waals surface area contributed by atoms with Crippen LogP contribution in [0.25, 0.3) is 11.0 Å². The molecular weight excluding hydrogens is 280 g/mol. The van der Waals surface area contributed by atoms with Gasteiger partial charge in [0.05, 0.1) is 12.2 Å². The number of para-hydroxylation sites is 1. The van der Waals surface area contributed by atoms with Crippen LogP contribution in [0.3, 0.4) is 0 Å². The highest BCUT2D eigenvalue weighted by atomic mass is 16.6. The molecule has 0 unspecified atom stereocenters. The van der Waals surface area contributed by atoms with E-state index in [1.807, 2.05) is 31.2 Å². The number of carbonyl (C=O) groups excluding carboxylic acids is 1. The van der Waals surface area contributed by atoms with Crippen molar-refractivity contribution >= 4 is 16.8 Å². The van der Waals surface area contributed by atoms with Gasteiger partial charge in [0.2, 0.25) is 11.5 Å². The Morgan fingerprint density at radius 1 is 1.14 bits per heavy atom. The normalized spacial score (nSPS) is 11.9. The summed E-state index contributed by atoms with van der Waals surface area (Å²) in [6.45, 7) is 2.67. The van der Waals surface area contributed by atoms with E-state index in [0.29, 0.717) is 40.8 Å². The van der Waals surface area contributed by atoms with Crippen molar-refractivity contribution in [3.8, 4) is 17.2 Å². The van der Waals surface area contributed by atoms with Gasteiger partial charge in [0.25, 0.3) is 0 Å². The van der Waals surface area contributed by atoms with Gasteiger partial charge in [-0.15, -0.1) is 0 Å². The Balaban J connectivity index is 1.66. The summed E-state index contributed by atoms with van der Waals surface area (Å²) in [5.74, 6) is 2.10. The maximum Gasteiger partial charge on any atom is 0.232 e. The SMILES string of the molecule is CCCOc1ccc(C(=O)c2cc3ccccc3o2)c2c1O2. The van der Waals surface area contributed by atoms with Gasteiger partial charge in [-0.05, 0) is 30.7 Å². The van der Waals surface area contributed by atoms with E-state index in [0.717, 1.165) is 11.8 Å². The van der Waals surface area contributed by atoms with Crippen molar-refractivity contribution in [1.29, 1.82) is 0 Å². The minimum absolute atomic E-state index is 0.174. The Morgan fingerprint density at radius 3 is 2.82 bits per heavy atom. The molecule has 4 rings (SSSR count). The van der Waals surface area contributed by atoms with Crippen molar-refractivity contribution in [2.24, 2.45) is 0 Å². The van der Waals surface area contributed by atoms with Crippen LogP contribution in [0.5, 0.6) is 17.2 Å². The molecule has 22 heavy (non-hydrogen) atoms. The molecule has 3 aromatic rings. The molecule has 0 N–H and O–H groups in total. The van der Waals surface area contributed by atoms with Crippen LogP contribution in [0.4, 0.5) is 0 Å². The number of hydrogen-bond acceptors (Lipinski definition) is 4. The van der Waals surface area contributed by atoms with Gasteiger partial charge in [-0.25, -0.2) is 0 Å². The van der Waals surface area contributed by atoms with Gasteiger partial charge in [0.15, 0.2) is 17.3 Å². The fourth-order valence-corrected chi connectivity index (χ4v) is 2.46. The van der Waals surface area contributed by atoms with Crippen molar-refractivity contribution in [3.63, 3.8) is 0 Å². The summed E-state index contributed by atoms with van der Waals surface area (Å²) in [4.78, 5) is 12.6. The summed E-state index contributed by atoms with van der Waals surface area (Å²) in [5, 5.41) is 0.913. The van der Waals surface area contributed by atoms with Crippen LogP contribution >= 0.6 is 0 Å². The number of ketones is 1. The summed E-state index contributed by atoms with van der Waals surface area (Å²) in [5.41, 5.74) is 1.22. The van der Waals surface area contributed by atoms with E-state index >= 15 is 0 Å². The number of carbonyl (C=O) groups is 1. The standard InChI is InChI=1S/C18H14O4/c1-2-9-20-14-8-7-12(17-18(14)22-17)16(19)15-10-11-5-3-4-6-13(11)21-15/h3-8,10H,2,9H2,1H3. The first-order valence-electron chi connectivity index (χ1n) is 7.29. The third-order valence-corrected chi connectivity index (χ3v) is 3.59. The monoisotopic (exact) mass is 294 g/mol. The lowest BCUT2D eigenvalue weighted by atomic mass is 10.1. The molecule has 0 saturated heterocycles. The van der Waals surface area contributed by atoms with Crippen LogP contribution in [0.15, 0.2) is 46.9 Å². The van der Waals surface area contributed by atoms with Gasteiger partial charge >= 0.3 is 0 Å². The van der Waals surface area contributed by atoms with Crippen LogP contribution in [0.2, 0.25) is 0 Å². The highest BCUT2D eigenvalue weighted by Crippen LogP contribution is 2.55. The highest BCUT2D eigenvalue weighted by Gasteiger charge is 2.34. The van der Waals surface area contributed by atoms with E-state index in [-0.39, 0.29) is 5.78 Å². The van der Waals surface area contributed by atoms with Crippen LogP contribution in [0, 0.1) is 0 Å². The Labute approximate surface area is 127 Å². The average molecular weight is 294 g/mol. The van der Waals surface area contributed by atoms with E-state index < -0.39 is 0 Å². The Morgan fingerprint density at radius 2 is 2.00 bits per heavy atom. The molecule has 1 aliphatic rings. The minimum Gasteiger partial charge on any atom is -0.490 e. The average Bonchev–Trinajstić information content (AvgIpc) is 3.23. The first-order valence-corrected chi connectivity index (χ1v) is 7.29. The molecule has 0 aliphatic carbocycles. The van der Waals surface area contributed by atoms with Gasteiger partial charge in [-0.2, -0.15) is 0 Å². The van der Waals surface area contributed by atoms with Crippen molar-refractivity contribution in [3.05, 3.63) is 53.8 Å². The molecule has 0 bridgehead atoms. The lowest BCUT2D eigenvalue weighted by Gasteiger charge is -2.01. The fourth-order valence-electron chi connectivity index (χ4n) is 2.46. The van der Waals surface area contributed by atoms with Crippen molar-refractivity contribution in [2.45, 2.75) is 13.3 Å². The summed E-state index contributed by atoms with van der Waals surface area (Å²) >= 11 is 0. The Kier molecular flexibility index (Phi) is 2.89. The topological polar surface area (TPSA) is 52.0 Å². The van der Waals surface area contributed by atoms with Crippen molar-refractivity contribution in [1.82, 2.24) is 0 Å². The molecule has 0 saturated carbocycles. The van der Waals surface area contributed by atoms with Crippen molar-refractivity contribution in [2.75, 3.05) is 6.61 Å². The smallest absolute Gasteiger partial charge is 0.232 e. The molecule has 1 aromatic heterocycles. The second kappa shape index (κ2) is 4.91. The van der Waals surface area contributed by atoms with E-state index in [9.17, 15) is 4.79 Å². The summed E-state index contributed by atoms with van der Waals surface area (Å²) in [6.07, 6.45) is 0.925. The first-order chi connectivity index (χ1) is 10.8. The zero-order valence-electron chi connectivity index (χ0n) is 12.1.